The Morgan fingerprint density at radius 3 is 1.45 bits per heavy atom. The summed E-state index contributed by atoms with van der Waals surface area (Å²) in [5.41, 5.74) is 6.83. The summed E-state index contributed by atoms with van der Waals surface area (Å²) in [7, 11) is 0. The SMILES string of the molecule is CC[C@H](C)[C@H](NC(=O)C1C2CCC(CC2)N1C(=O)[C@H](CCC(=O)O)NC(=O)[C@H](Cc1ccccc1)NC(=O)[C@H](CC(=O)O)NC(=O)CNC(=O)c1ccc(NC(=N)N)cc1)C(=O)N1CCC[C@H]1C(=O)N[C@@H](CCC(=O)O)C(=O)N[C@@H](CCC(=O)O)C(=O)N[C@H](Cc1ccc(CC(=O)O)cc1)C(=O)N[C@@H](CC(C)C)C(=O)N[C@H](CCC(=O)O)C(=O)O. The van der Waals surface area contributed by atoms with Gasteiger partial charge in [0.1, 0.15) is 66.5 Å². The zero-order valence-corrected chi connectivity index (χ0v) is 66.6. The molecule has 3 aromatic carbocycles. The first kappa shape index (κ1) is 95.7. The molecule has 41 heteroatoms. The van der Waals surface area contributed by atoms with E-state index < -0.39 is 274 Å². The Bertz CT molecular complexity index is 4250. The first-order valence-electron chi connectivity index (χ1n) is 39.2. The number of carboxylic acids is 7. The number of nitrogens with one attached hydrogen (secondary N) is 12. The van der Waals surface area contributed by atoms with Crippen molar-refractivity contribution in [2.45, 2.75) is 229 Å². The number of carboxylic acid groups (broad SMARTS) is 7. The number of hydrogen-bond donors (Lipinski definition) is 20. The van der Waals surface area contributed by atoms with Crippen LogP contribution in [-0.2, 0) is 106 Å². The van der Waals surface area contributed by atoms with E-state index in [1.807, 2.05) is 0 Å². The highest BCUT2D eigenvalue weighted by atomic mass is 16.4. The number of nitrogens with two attached hydrogens (primary N) is 1. The molecule has 2 bridgehead atoms. The molecule has 3 aliphatic heterocycles. The van der Waals surface area contributed by atoms with Crippen LogP contribution in [0.5, 0.6) is 0 Å². The van der Waals surface area contributed by atoms with E-state index in [2.05, 4.69) is 58.5 Å². The van der Waals surface area contributed by atoms with Crippen LogP contribution in [0.15, 0.2) is 78.9 Å². The van der Waals surface area contributed by atoms with Crippen molar-refractivity contribution < 1.29 is 127 Å². The number of rotatable bonds is 48. The molecule has 12 atom stereocenters. The first-order valence-corrected chi connectivity index (χ1v) is 39.2. The molecule has 41 nitrogen and oxygen atoms in total. The number of benzene rings is 3. The van der Waals surface area contributed by atoms with Crippen LogP contribution in [0, 0.1) is 23.2 Å². The molecule has 4 fully saturated rings. The lowest BCUT2D eigenvalue weighted by molar-refractivity contribution is -0.157. The fourth-order valence-electron chi connectivity index (χ4n) is 14.3. The molecule has 1 aliphatic carbocycles. The monoisotopic (exact) mass is 1680 g/mol. The standard InChI is InChI=1S/C79H105N15O26/c1-5-41(4)65(92-75(116)66-45-19-23-48(24-20-45)94(66)76(117)51(27-31-61(100)101)87-71(112)54(35-42-10-7-6-8-11-42)91-73(114)56(38-64(106)107)84-58(95)39-82-67(108)46-17-21-47(22-18-46)83-79(80)81)77(118)93-33-9-12-57(93)74(115)86-50(26-30-60(98)99)68(109)85-49(25-29-59(96)97)69(110)90-55(36-43-13-15-44(16-14-43)37-63(104)105)72(113)89-53(34-40(2)3)70(111)88-52(78(119)120)28-32-62(102)103/h6-8,10-11,13-18,21-22,40-41,45,48-57,65-66H,5,9,12,19-20,23-39H2,1-4H3,(H,82,108)(H,84,95)(H,85,109)(H,86,115)(H,87,112)(H,88,111)(H,89,113)(H,90,110)(H,91,114)(H,92,116)(H,96,97)(H,98,99)(H,100,101)(H,102,103)(H,104,105)(H,106,107)(H,119,120)(H4,80,81,83)/t41-,45?,48?,49-,50-,51-,52+,53-,54-,55+,56-,57-,65-,66?/m0/s1. The molecule has 7 rings (SSSR count). The van der Waals surface area contributed by atoms with Gasteiger partial charge in [0.2, 0.25) is 65.0 Å². The summed E-state index contributed by atoms with van der Waals surface area (Å²) in [5.74, 6) is -24.4. The third-order valence-electron chi connectivity index (χ3n) is 20.7. The average Bonchev–Trinajstić information content (AvgIpc) is 0.840. The topological polar surface area (TPSA) is 655 Å². The molecular weight excluding hydrogens is 1570 g/mol. The molecule has 3 saturated heterocycles. The van der Waals surface area contributed by atoms with Gasteiger partial charge in [-0.15, -0.1) is 0 Å². The Hall–Kier alpha value is -13.1. The van der Waals surface area contributed by atoms with E-state index in [4.69, 9.17) is 11.1 Å². The zero-order chi connectivity index (χ0) is 88.8. The number of aliphatic carboxylic acids is 7. The number of guanidine groups is 1. The fraction of sp³-hybridized carbons (Fsp3) is 0.519. The van der Waals surface area contributed by atoms with E-state index in [1.54, 1.807) is 58.0 Å². The number of anilines is 1. The maximum Gasteiger partial charge on any atom is 0.326 e. The Kier molecular flexibility index (Phi) is 36.8. The summed E-state index contributed by atoms with van der Waals surface area (Å²) in [5, 5.41) is 102. The van der Waals surface area contributed by atoms with Crippen molar-refractivity contribution >= 4 is 124 Å². The van der Waals surface area contributed by atoms with Crippen molar-refractivity contribution in [1.29, 1.82) is 5.41 Å². The molecule has 0 radical (unpaired) electrons. The highest BCUT2D eigenvalue weighted by Crippen LogP contribution is 2.41. The van der Waals surface area contributed by atoms with E-state index in [0.29, 0.717) is 42.5 Å². The molecule has 0 spiro atoms. The lowest BCUT2D eigenvalue weighted by Gasteiger charge is -2.51. The number of hydrogen-bond acceptors (Lipinski definition) is 20. The molecule has 0 aromatic heterocycles. The summed E-state index contributed by atoms with van der Waals surface area (Å²) in [4.78, 5) is 259. The predicted molar refractivity (Wildman–Crippen MR) is 421 cm³/mol. The number of likely N-dealkylation sites (tertiary alicyclic amines) is 1. The lowest BCUT2D eigenvalue weighted by Crippen LogP contribution is -2.68. The maximum absolute atomic E-state index is 15.4. The molecule has 12 amide bonds. The second-order valence-corrected chi connectivity index (χ2v) is 30.2. The molecule has 4 aliphatic rings. The minimum Gasteiger partial charge on any atom is -0.481 e. The molecule has 1 unspecified atom stereocenters. The lowest BCUT2D eigenvalue weighted by atomic mass is 9.73. The third-order valence-corrected chi connectivity index (χ3v) is 20.7. The number of nitrogens with zero attached hydrogens (tertiary/aromatic N) is 2. The summed E-state index contributed by atoms with van der Waals surface area (Å²) in [6, 6.07) is 0.278. The minimum atomic E-state index is -1.91. The van der Waals surface area contributed by atoms with Gasteiger partial charge < -0.3 is 110 Å². The number of amides is 12. The van der Waals surface area contributed by atoms with Gasteiger partial charge in [-0.3, -0.25) is 91.7 Å². The maximum atomic E-state index is 15.4. The molecular formula is C79H105N15O26. The smallest absolute Gasteiger partial charge is 0.326 e. The van der Waals surface area contributed by atoms with Crippen LogP contribution in [0.1, 0.15) is 164 Å². The van der Waals surface area contributed by atoms with E-state index in [9.17, 15) is 112 Å². The first-order chi connectivity index (χ1) is 56.7. The molecule has 3 heterocycles. The molecule has 3 aromatic rings. The van der Waals surface area contributed by atoms with Crippen molar-refractivity contribution in [2.75, 3.05) is 18.4 Å². The van der Waals surface area contributed by atoms with Crippen molar-refractivity contribution in [1.82, 2.24) is 63.0 Å². The second kappa shape index (κ2) is 46.1. The number of carbonyl (C=O) groups is 19. The molecule has 21 N–H and O–H groups in total. The Morgan fingerprint density at radius 1 is 0.475 bits per heavy atom. The summed E-state index contributed by atoms with van der Waals surface area (Å²) >= 11 is 0. The Balaban J connectivity index is 1.23. The van der Waals surface area contributed by atoms with Crippen molar-refractivity contribution in [2.24, 2.45) is 23.5 Å². The van der Waals surface area contributed by atoms with E-state index in [0.717, 1.165) is 4.90 Å². The Labute approximate surface area is 688 Å². The quantitative estimate of drug-likeness (QED) is 0.0240. The van der Waals surface area contributed by atoms with Crippen molar-refractivity contribution in [3.8, 4) is 0 Å². The summed E-state index contributed by atoms with van der Waals surface area (Å²) in [6.45, 7) is 5.74. The van der Waals surface area contributed by atoms with Crippen LogP contribution in [0.4, 0.5) is 5.69 Å². The van der Waals surface area contributed by atoms with Gasteiger partial charge in [-0.2, -0.15) is 0 Å². The molecule has 652 valence electrons. The third kappa shape index (κ3) is 30.1. The van der Waals surface area contributed by atoms with Gasteiger partial charge in [0.25, 0.3) is 5.91 Å². The molecule has 1 saturated carbocycles. The van der Waals surface area contributed by atoms with Crippen molar-refractivity contribution in [3.05, 3.63) is 101 Å². The average molecular weight is 1680 g/mol. The van der Waals surface area contributed by atoms with Gasteiger partial charge in [-0.25, -0.2) is 4.79 Å². The van der Waals surface area contributed by atoms with E-state index >= 15 is 14.4 Å². The minimum absolute atomic E-state index is 0.0679. The van der Waals surface area contributed by atoms with E-state index in [-0.39, 0.29) is 61.7 Å². The van der Waals surface area contributed by atoms with E-state index in [1.165, 1.54) is 53.4 Å². The normalized spacial score (nSPS) is 17.7. The van der Waals surface area contributed by atoms with Crippen LogP contribution in [0.25, 0.3) is 0 Å². The summed E-state index contributed by atoms with van der Waals surface area (Å²) < 4.78 is 0. The zero-order valence-electron chi connectivity index (χ0n) is 66.6. The number of carbonyl (C=O) groups excluding carboxylic acids is 12. The van der Waals surface area contributed by atoms with Crippen LogP contribution in [0.3, 0.4) is 0 Å². The van der Waals surface area contributed by atoms with Gasteiger partial charge in [0, 0.05) is 62.4 Å². The molecule has 120 heavy (non-hydrogen) atoms. The van der Waals surface area contributed by atoms with Crippen LogP contribution < -0.4 is 64.2 Å². The van der Waals surface area contributed by atoms with Crippen LogP contribution >= 0.6 is 0 Å². The van der Waals surface area contributed by atoms with Crippen LogP contribution in [-0.4, -0.2) is 250 Å². The number of fused-ring (bicyclic) bond motifs is 3. The summed E-state index contributed by atoms with van der Waals surface area (Å²) in [6.07, 6.45) is -6.11. The van der Waals surface area contributed by atoms with Crippen molar-refractivity contribution in [3.63, 3.8) is 0 Å². The largest absolute Gasteiger partial charge is 0.481 e. The van der Waals surface area contributed by atoms with Crippen LogP contribution in [0.2, 0.25) is 0 Å². The van der Waals surface area contributed by atoms with Gasteiger partial charge in [-0.05, 0) is 129 Å². The van der Waals surface area contributed by atoms with Gasteiger partial charge in [0.05, 0.1) is 19.4 Å². The van der Waals surface area contributed by atoms with Gasteiger partial charge >= 0.3 is 41.8 Å². The Morgan fingerprint density at radius 2 is 0.942 bits per heavy atom. The van der Waals surface area contributed by atoms with Gasteiger partial charge in [-0.1, -0.05) is 88.7 Å². The fourth-order valence-corrected chi connectivity index (χ4v) is 14.3. The second-order valence-electron chi connectivity index (χ2n) is 30.2. The van der Waals surface area contributed by atoms with Gasteiger partial charge in [0.15, 0.2) is 5.96 Å². The number of piperidine rings is 2. The highest BCUT2D eigenvalue weighted by molar-refractivity contribution is 6.02. The highest BCUT2D eigenvalue weighted by Gasteiger charge is 2.51. The predicted octanol–water partition coefficient (Wildman–Crippen LogP) is -0.931.